The third-order valence-electron chi connectivity index (χ3n) is 2.33. The Balaban J connectivity index is 3.34. The molecule has 0 amide bonds. The molecule has 0 N–H and O–H groups in total. The van der Waals surface area contributed by atoms with Crippen LogP contribution in [0.25, 0.3) is 6.08 Å². The largest absolute Gasteiger partial charge is 0.496 e. The lowest BCUT2D eigenvalue weighted by Crippen LogP contribution is -2.03. The number of halogens is 1. The lowest BCUT2D eigenvalue weighted by molar-refractivity contribution is -0.135. The Hall–Kier alpha value is -2.00. The highest BCUT2D eigenvalue weighted by Crippen LogP contribution is 2.34. The predicted octanol–water partition coefficient (Wildman–Crippen LogP) is 2.55. The second-order valence-corrected chi connectivity index (χ2v) is 4.24. The van der Waals surface area contributed by atoms with E-state index in [1.807, 2.05) is 0 Å². The van der Waals surface area contributed by atoms with Gasteiger partial charge in [-0.15, -0.1) is 0 Å². The van der Waals surface area contributed by atoms with Gasteiger partial charge in [0.2, 0.25) is 0 Å². The van der Waals surface area contributed by atoms with Crippen molar-refractivity contribution in [2.45, 2.75) is 0 Å². The fraction of sp³-hybridized carbons (Fsp3) is 0.231. The molecule has 0 unspecified atom stereocenters. The number of ether oxygens (including phenoxy) is 3. The van der Waals surface area contributed by atoms with Crippen LogP contribution in [0.5, 0.6) is 11.5 Å². The van der Waals surface area contributed by atoms with Crippen LogP contribution in [0, 0.1) is 11.3 Å². The van der Waals surface area contributed by atoms with Gasteiger partial charge in [-0.05, 0) is 28.1 Å². The minimum Gasteiger partial charge on any atom is -0.496 e. The van der Waals surface area contributed by atoms with Gasteiger partial charge in [0.15, 0.2) is 0 Å². The Morgan fingerprint density at radius 2 is 1.89 bits per heavy atom. The minimum absolute atomic E-state index is 0.113. The summed E-state index contributed by atoms with van der Waals surface area (Å²) in [6.07, 6.45) is 1.40. The average Bonchev–Trinajstić information content (AvgIpc) is 2.44. The number of benzene rings is 1. The molecule has 100 valence electrons. The van der Waals surface area contributed by atoms with E-state index in [4.69, 9.17) is 14.7 Å². The molecule has 0 aromatic heterocycles. The van der Waals surface area contributed by atoms with Crippen LogP contribution in [0.15, 0.2) is 22.2 Å². The van der Waals surface area contributed by atoms with Crippen LogP contribution in [0.3, 0.4) is 0 Å². The van der Waals surface area contributed by atoms with Gasteiger partial charge in [-0.2, -0.15) is 5.26 Å². The van der Waals surface area contributed by atoms with Gasteiger partial charge in [-0.25, -0.2) is 4.79 Å². The monoisotopic (exact) mass is 325 g/mol. The highest BCUT2D eigenvalue weighted by molar-refractivity contribution is 9.10. The summed E-state index contributed by atoms with van der Waals surface area (Å²) >= 11 is 3.33. The van der Waals surface area contributed by atoms with Crippen LogP contribution in [0.1, 0.15) is 5.56 Å². The second kappa shape index (κ2) is 6.81. The fourth-order valence-electron chi connectivity index (χ4n) is 1.40. The molecule has 0 aliphatic heterocycles. The van der Waals surface area contributed by atoms with Crippen molar-refractivity contribution in [2.24, 2.45) is 0 Å². The lowest BCUT2D eigenvalue weighted by Gasteiger charge is -2.10. The number of carbonyl (C=O) groups excluding carboxylic acids is 1. The van der Waals surface area contributed by atoms with Crippen molar-refractivity contribution in [1.29, 1.82) is 5.26 Å². The average molecular weight is 326 g/mol. The van der Waals surface area contributed by atoms with E-state index in [0.717, 1.165) is 0 Å². The smallest absolute Gasteiger partial charge is 0.348 e. The summed E-state index contributed by atoms with van der Waals surface area (Å²) < 4.78 is 15.5. The first-order valence-corrected chi connectivity index (χ1v) is 5.98. The van der Waals surface area contributed by atoms with Gasteiger partial charge >= 0.3 is 5.97 Å². The van der Waals surface area contributed by atoms with Crippen LogP contribution in [-0.2, 0) is 9.53 Å². The molecule has 19 heavy (non-hydrogen) atoms. The molecular formula is C13H12BrNO4. The summed E-state index contributed by atoms with van der Waals surface area (Å²) in [7, 11) is 4.24. The third kappa shape index (κ3) is 3.48. The normalized spacial score (nSPS) is 10.6. The van der Waals surface area contributed by atoms with E-state index in [9.17, 15) is 4.79 Å². The number of methoxy groups -OCH3 is 3. The van der Waals surface area contributed by atoms with Gasteiger partial charge in [0.1, 0.15) is 23.1 Å². The van der Waals surface area contributed by atoms with E-state index < -0.39 is 5.97 Å². The van der Waals surface area contributed by atoms with Crippen molar-refractivity contribution in [2.75, 3.05) is 21.3 Å². The third-order valence-corrected chi connectivity index (χ3v) is 2.95. The van der Waals surface area contributed by atoms with Crippen molar-refractivity contribution >= 4 is 28.0 Å². The number of esters is 1. The fourth-order valence-corrected chi connectivity index (χ4v) is 1.92. The Morgan fingerprint density at radius 3 is 2.37 bits per heavy atom. The number of carbonyl (C=O) groups is 1. The van der Waals surface area contributed by atoms with Crippen molar-refractivity contribution in [3.8, 4) is 17.6 Å². The Bertz CT molecular complexity index is 560. The Morgan fingerprint density at radius 1 is 1.26 bits per heavy atom. The molecule has 0 heterocycles. The quantitative estimate of drug-likeness (QED) is 0.483. The van der Waals surface area contributed by atoms with Crippen LogP contribution in [0.2, 0.25) is 0 Å². The maximum atomic E-state index is 11.4. The Labute approximate surface area is 119 Å². The van der Waals surface area contributed by atoms with Crippen molar-refractivity contribution in [3.05, 3.63) is 27.7 Å². The molecule has 1 aromatic rings. The summed E-state index contributed by atoms with van der Waals surface area (Å²) in [6.45, 7) is 0. The molecule has 0 radical (unpaired) electrons. The highest BCUT2D eigenvalue weighted by atomic mass is 79.9. The van der Waals surface area contributed by atoms with E-state index in [1.54, 1.807) is 18.2 Å². The van der Waals surface area contributed by atoms with E-state index in [1.165, 1.54) is 27.4 Å². The maximum Gasteiger partial charge on any atom is 0.348 e. The van der Waals surface area contributed by atoms with Crippen LogP contribution >= 0.6 is 15.9 Å². The molecule has 1 rings (SSSR count). The van der Waals surface area contributed by atoms with Crippen molar-refractivity contribution in [1.82, 2.24) is 0 Å². The topological polar surface area (TPSA) is 68.6 Å². The van der Waals surface area contributed by atoms with E-state index in [-0.39, 0.29) is 5.57 Å². The van der Waals surface area contributed by atoms with Crippen molar-refractivity contribution in [3.63, 3.8) is 0 Å². The van der Waals surface area contributed by atoms with E-state index in [2.05, 4.69) is 20.7 Å². The molecule has 0 saturated carbocycles. The number of rotatable bonds is 4. The van der Waals surface area contributed by atoms with Crippen LogP contribution in [-0.4, -0.2) is 27.3 Å². The SMILES string of the molecule is COC(=O)/C(C#N)=C\c1cc(Br)c(OC)cc1OC. The summed E-state index contributed by atoms with van der Waals surface area (Å²) in [4.78, 5) is 11.4. The molecule has 0 aliphatic rings. The summed E-state index contributed by atoms with van der Waals surface area (Å²) in [5, 5.41) is 8.93. The minimum atomic E-state index is -0.698. The molecule has 0 spiro atoms. The number of nitriles is 1. The molecule has 0 saturated heterocycles. The van der Waals surface area contributed by atoms with Gasteiger partial charge in [-0.1, -0.05) is 0 Å². The molecule has 0 fully saturated rings. The zero-order valence-corrected chi connectivity index (χ0v) is 12.3. The second-order valence-electron chi connectivity index (χ2n) is 3.39. The van der Waals surface area contributed by atoms with Crippen molar-refractivity contribution < 1.29 is 19.0 Å². The number of hydrogen-bond donors (Lipinski definition) is 0. The molecular weight excluding hydrogens is 314 g/mol. The van der Waals surface area contributed by atoms with E-state index in [0.29, 0.717) is 21.5 Å². The summed E-state index contributed by atoms with van der Waals surface area (Å²) in [6, 6.07) is 5.13. The predicted molar refractivity (Wildman–Crippen MR) is 72.9 cm³/mol. The lowest BCUT2D eigenvalue weighted by atomic mass is 10.1. The summed E-state index contributed by atoms with van der Waals surface area (Å²) in [5.74, 6) is 0.374. The van der Waals surface area contributed by atoms with Crippen LogP contribution < -0.4 is 9.47 Å². The first kappa shape index (κ1) is 15.1. The van der Waals surface area contributed by atoms with Gasteiger partial charge < -0.3 is 14.2 Å². The molecule has 6 heteroatoms. The van der Waals surface area contributed by atoms with Gasteiger partial charge in [-0.3, -0.25) is 0 Å². The zero-order valence-electron chi connectivity index (χ0n) is 10.7. The standard InChI is InChI=1S/C13H12BrNO4/c1-17-11-6-12(18-2)10(14)5-8(11)4-9(7-15)13(16)19-3/h4-6H,1-3H3/b9-4-. The van der Waals surface area contributed by atoms with Gasteiger partial charge in [0, 0.05) is 11.6 Å². The van der Waals surface area contributed by atoms with Gasteiger partial charge in [0.25, 0.3) is 0 Å². The first-order valence-electron chi connectivity index (χ1n) is 5.19. The first-order chi connectivity index (χ1) is 9.07. The molecule has 0 aliphatic carbocycles. The number of hydrogen-bond acceptors (Lipinski definition) is 5. The summed E-state index contributed by atoms with van der Waals surface area (Å²) in [5.41, 5.74) is 0.454. The Kier molecular flexibility index (Phi) is 5.39. The molecule has 0 atom stereocenters. The molecule has 5 nitrogen and oxygen atoms in total. The zero-order chi connectivity index (χ0) is 14.4. The van der Waals surface area contributed by atoms with Crippen LogP contribution in [0.4, 0.5) is 0 Å². The van der Waals surface area contributed by atoms with E-state index >= 15 is 0 Å². The molecule has 0 bridgehead atoms. The highest BCUT2D eigenvalue weighted by Gasteiger charge is 2.13. The van der Waals surface area contributed by atoms with Gasteiger partial charge in [0.05, 0.1) is 25.8 Å². The molecule has 1 aromatic carbocycles. The maximum absolute atomic E-state index is 11.4. The number of nitrogens with zero attached hydrogens (tertiary/aromatic N) is 1.